The quantitative estimate of drug-likeness (QED) is 0.614. The summed E-state index contributed by atoms with van der Waals surface area (Å²) in [4.78, 5) is 4.49. The van der Waals surface area contributed by atoms with Gasteiger partial charge in [0.2, 0.25) is 0 Å². The van der Waals surface area contributed by atoms with Crippen LogP contribution in [0.5, 0.6) is 0 Å². The third-order valence-electron chi connectivity index (χ3n) is 2.14. The normalized spacial score (nSPS) is 13.3. The summed E-state index contributed by atoms with van der Waals surface area (Å²) in [5.41, 5.74) is 2.58. The van der Waals surface area contributed by atoms with Gasteiger partial charge in [-0.1, -0.05) is 0 Å². The highest BCUT2D eigenvalue weighted by atomic mass is 32.1. The third-order valence-corrected chi connectivity index (χ3v) is 3.94. The van der Waals surface area contributed by atoms with Crippen molar-refractivity contribution < 1.29 is 0 Å². The van der Waals surface area contributed by atoms with Crippen LogP contribution < -0.4 is 5.32 Å². The van der Waals surface area contributed by atoms with Crippen LogP contribution in [0.25, 0.3) is 0 Å². The number of fused-ring (bicyclic) bond motifs is 2. The van der Waals surface area contributed by atoms with Crippen LogP contribution in [0.1, 0.15) is 16.3 Å². The minimum atomic E-state index is 0.992. The van der Waals surface area contributed by atoms with Crippen molar-refractivity contribution in [1.29, 1.82) is 0 Å². The lowest BCUT2D eigenvalue weighted by molar-refractivity contribution is 1.08. The van der Waals surface area contributed by atoms with Gasteiger partial charge in [0.05, 0.1) is 15.7 Å². The monoisotopic (exact) mass is 208 g/mol. The van der Waals surface area contributed by atoms with Crippen molar-refractivity contribution in [1.82, 2.24) is 4.98 Å². The summed E-state index contributed by atoms with van der Waals surface area (Å²) in [7, 11) is 0. The van der Waals surface area contributed by atoms with Gasteiger partial charge in [-0.25, -0.2) is 4.98 Å². The average Bonchev–Trinajstić information content (AvgIpc) is 2.63. The van der Waals surface area contributed by atoms with E-state index in [1.807, 2.05) is 0 Å². The molecule has 2 aromatic heterocycles. The fourth-order valence-electron chi connectivity index (χ4n) is 1.56. The van der Waals surface area contributed by atoms with E-state index >= 15 is 0 Å². The van der Waals surface area contributed by atoms with E-state index in [1.54, 1.807) is 22.7 Å². The first-order valence-electron chi connectivity index (χ1n) is 4.12. The molecule has 4 heteroatoms. The summed E-state index contributed by atoms with van der Waals surface area (Å²) in [5, 5.41) is 9.21. The highest BCUT2D eigenvalue weighted by molar-refractivity contribution is 7.17. The second-order valence-electron chi connectivity index (χ2n) is 3.09. The van der Waals surface area contributed by atoms with E-state index in [-0.39, 0.29) is 0 Å². The predicted molar refractivity (Wildman–Crippen MR) is 57.3 cm³/mol. The maximum Gasteiger partial charge on any atom is 0.117 e. The van der Waals surface area contributed by atoms with Gasteiger partial charge in [0.15, 0.2) is 0 Å². The Morgan fingerprint density at radius 3 is 3.31 bits per heavy atom. The molecule has 0 bridgehead atoms. The van der Waals surface area contributed by atoms with E-state index in [0.29, 0.717) is 0 Å². The zero-order chi connectivity index (χ0) is 8.84. The fraction of sp³-hybridized carbons (Fsp3) is 0.222. The lowest BCUT2D eigenvalue weighted by Crippen LogP contribution is -2.01. The van der Waals surface area contributed by atoms with Gasteiger partial charge in [-0.3, -0.25) is 0 Å². The standard InChI is InChI=1S/C9H8N2S2/c1-5-10-7-4-6-2-3-12-8(6)11-9(7)13-5/h2-3,11H,4H2,1H3. The minimum Gasteiger partial charge on any atom is -0.337 e. The summed E-state index contributed by atoms with van der Waals surface area (Å²) in [5.74, 6) is 0. The molecule has 2 nitrogen and oxygen atoms in total. The molecule has 0 amide bonds. The van der Waals surface area contributed by atoms with Gasteiger partial charge in [0.25, 0.3) is 0 Å². The molecule has 0 saturated heterocycles. The summed E-state index contributed by atoms with van der Waals surface area (Å²) in [6, 6.07) is 2.17. The molecular formula is C9H8N2S2. The molecule has 0 fully saturated rings. The van der Waals surface area contributed by atoms with E-state index in [2.05, 4.69) is 28.7 Å². The second kappa shape index (κ2) is 2.56. The number of nitrogens with zero attached hydrogens (tertiary/aromatic N) is 1. The Hall–Kier alpha value is -0.870. The van der Waals surface area contributed by atoms with Gasteiger partial charge < -0.3 is 5.32 Å². The Balaban J connectivity index is 2.12. The van der Waals surface area contributed by atoms with E-state index in [9.17, 15) is 0 Å². The number of nitrogens with one attached hydrogen (secondary N) is 1. The molecule has 0 radical (unpaired) electrons. The van der Waals surface area contributed by atoms with E-state index < -0.39 is 0 Å². The highest BCUT2D eigenvalue weighted by Crippen LogP contribution is 2.38. The van der Waals surface area contributed by atoms with E-state index in [4.69, 9.17) is 0 Å². The Morgan fingerprint density at radius 1 is 1.46 bits per heavy atom. The van der Waals surface area contributed by atoms with Gasteiger partial charge in [-0.2, -0.15) is 0 Å². The van der Waals surface area contributed by atoms with Crippen LogP contribution in [0, 0.1) is 6.92 Å². The number of aromatic nitrogens is 1. The zero-order valence-corrected chi connectivity index (χ0v) is 8.76. The lowest BCUT2D eigenvalue weighted by atomic mass is 10.1. The number of anilines is 2. The van der Waals surface area contributed by atoms with Crippen LogP contribution in [0.15, 0.2) is 11.4 Å². The van der Waals surface area contributed by atoms with Crippen molar-refractivity contribution in [2.45, 2.75) is 13.3 Å². The molecule has 2 aromatic rings. The smallest absolute Gasteiger partial charge is 0.117 e. The maximum atomic E-state index is 4.49. The second-order valence-corrected chi connectivity index (χ2v) is 5.20. The fourth-order valence-corrected chi connectivity index (χ4v) is 3.28. The molecule has 0 aromatic carbocycles. The van der Waals surface area contributed by atoms with Crippen LogP contribution in [0.3, 0.4) is 0 Å². The van der Waals surface area contributed by atoms with E-state index in [0.717, 1.165) is 11.4 Å². The van der Waals surface area contributed by atoms with Gasteiger partial charge in [-0.05, 0) is 23.9 Å². The molecule has 0 unspecified atom stereocenters. The molecule has 3 rings (SSSR count). The molecule has 0 spiro atoms. The number of hydrogen-bond donors (Lipinski definition) is 1. The number of thiophene rings is 1. The van der Waals surface area contributed by atoms with Crippen LogP contribution in [-0.4, -0.2) is 4.98 Å². The molecule has 0 atom stereocenters. The summed E-state index contributed by atoms with van der Waals surface area (Å²) < 4.78 is 0. The van der Waals surface area contributed by atoms with Crippen molar-refractivity contribution >= 4 is 32.7 Å². The first kappa shape index (κ1) is 7.53. The molecular weight excluding hydrogens is 200 g/mol. The first-order valence-corrected chi connectivity index (χ1v) is 5.82. The summed E-state index contributed by atoms with van der Waals surface area (Å²) in [6.07, 6.45) is 0.992. The number of thiazole rings is 1. The topological polar surface area (TPSA) is 24.9 Å². The van der Waals surface area contributed by atoms with Crippen molar-refractivity contribution in [2.75, 3.05) is 5.32 Å². The Kier molecular flexibility index (Phi) is 1.48. The number of hydrogen-bond acceptors (Lipinski definition) is 4. The molecule has 1 aliphatic rings. The average molecular weight is 208 g/mol. The van der Waals surface area contributed by atoms with Gasteiger partial charge in [0.1, 0.15) is 5.00 Å². The summed E-state index contributed by atoms with van der Waals surface area (Å²) in [6.45, 7) is 2.05. The van der Waals surface area contributed by atoms with Gasteiger partial charge in [-0.15, -0.1) is 22.7 Å². The van der Waals surface area contributed by atoms with Crippen molar-refractivity contribution in [3.63, 3.8) is 0 Å². The predicted octanol–water partition coefficient (Wildman–Crippen LogP) is 3.16. The molecule has 1 aliphatic heterocycles. The largest absolute Gasteiger partial charge is 0.337 e. The van der Waals surface area contributed by atoms with E-state index in [1.165, 1.54) is 21.3 Å². The first-order chi connectivity index (χ1) is 6.33. The molecule has 0 saturated carbocycles. The van der Waals surface area contributed by atoms with Crippen molar-refractivity contribution in [3.8, 4) is 0 Å². The van der Waals surface area contributed by atoms with Gasteiger partial charge >= 0.3 is 0 Å². The van der Waals surface area contributed by atoms with Crippen molar-refractivity contribution in [2.24, 2.45) is 0 Å². The Morgan fingerprint density at radius 2 is 2.38 bits per heavy atom. The van der Waals surface area contributed by atoms with Crippen LogP contribution in [0.2, 0.25) is 0 Å². The molecule has 3 heterocycles. The van der Waals surface area contributed by atoms with Crippen LogP contribution >= 0.6 is 22.7 Å². The van der Waals surface area contributed by atoms with Crippen molar-refractivity contribution in [3.05, 3.63) is 27.7 Å². The molecule has 13 heavy (non-hydrogen) atoms. The molecule has 1 N–H and O–H groups in total. The lowest BCUT2D eigenvalue weighted by Gasteiger charge is -2.11. The number of rotatable bonds is 0. The van der Waals surface area contributed by atoms with Crippen LogP contribution in [0.4, 0.5) is 10.0 Å². The SMILES string of the molecule is Cc1nc2c(s1)Nc1sccc1C2. The minimum absolute atomic E-state index is 0.992. The van der Waals surface area contributed by atoms with Gasteiger partial charge in [0, 0.05) is 6.42 Å². The third kappa shape index (κ3) is 1.09. The zero-order valence-electron chi connectivity index (χ0n) is 7.13. The maximum absolute atomic E-state index is 4.49. The van der Waals surface area contributed by atoms with Crippen LogP contribution in [-0.2, 0) is 6.42 Å². The Bertz CT molecular complexity index is 418. The Labute approximate surface area is 84.3 Å². The summed E-state index contributed by atoms with van der Waals surface area (Å²) >= 11 is 3.51. The highest BCUT2D eigenvalue weighted by Gasteiger charge is 2.18. The molecule has 66 valence electrons. The number of aryl methyl sites for hydroxylation is 1. The molecule has 0 aliphatic carbocycles.